The van der Waals surface area contributed by atoms with Crippen molar-refractivity contribution in [3.05, 3.63) is 56.2 Å². The summed E-state index contributed by atoms with van der Waals surface area (Å²) in [4.78, 5) is 14.3. The van der Waals surface area contributed by atoms with Gasteiger partial charge in [-0.2, -0.15) is 0 Å². The quantitative estimate of drug-likeness (QED) is 0.899. The van der Waals surface area contributed by atoms with E-state index in [-0.39, 0.29) is 0 Å². The van der Waals surface area contributed by atoms with Gasteiger partial charge in [-0.25, -0.2) is 4.79 Å². The maximum absolute atomic E-state index is 10.8. The highest BCUT2D eigenvalue weighted by molar-refractivity contribution is 9.11. The molecule has 0 spiro atoms. The predicted octanol–water partition coefficient (Wildman–Crippen LogP) is 3.84. The molecule has 1 aromatic carbocycles. The normalized spacial score (nSPS) is 10.9. The van der Waals surface area contributed by atoms with Crippen molar-refractivity contribution in [2.75, 3.05) is 7.05 Å². The molecule has 0 amide bonds. The highest BCUT2D eigenvalue weighted by Gasteiger charge is 2.06. The third-order valence-electron chi connectivity index (χ3n) is 2.71. The zero-order valence-electron chi connectivity index (χ0n) is 10.5. The van der Waals surface area contributed by atoms with Crippen LogP contribution in [0.3, 0.4) is 0 Å². The standard InChI is InChI=1S/C14H14BrNO2S/c1-16(9-12-6-7-13(15)19-12)8-10-2-4-11(5-3-10)14(17)18/h2-7H,8-9H2,1H3,(H,17,18). The minimum Gasteiger partial charge on any atom is -0.478 e. The summed E-state index contributed by atoms with van der Waals surface area (Å²) in [5.74, 6) is -0.886. The molecule has 1 heterocycles. The Morgan fingerprint density at radius 1 is 1.21 bits per heavy atom. The third-order valence-corrected chi connectivity index (χ3v) is 4.32. The number of carbonyl (C=O) groups is 1. The maximum atomic E-state index is 10.8. The molecule has 19 heavy (non-hydrogen) atoms. The van der Waals surface area contributed by atoms with E-state index in [4.69, 9.17) is 5.11 Å². The molecule has 5 heteroatoms. The fraction of sp³-hybridized carbons (Fsp3) is 0.214. The van der Waals surface area contributed by atoms with Crippen molar-refractivity contribution < 1.29 is 9.90 Å². The van der Waals surface area contributed by atoms with Gasteiger partial charge in [0.2, 0.25) is 0 Å². The maximum Gasteiger partial charge on any atom is 0.335 e. The summed E-state index contributed by atoms with van der Waals surface area (Å²) in [6.45, 7) is 1.69. The molecule has 0 atom stereocenters. The highest BCUT2D eigenvalue weighted by Crippen LogP contribution is 2.23. The molecule has 0 saturated carbocycles. The number of halogens is 1. The van der Waals surface area contributed by atoms with Crippen LogP contribution in [0.4, 0.5) is 0 Å². The molecule has 0 aliphatic heterocycles. The SMILES string of the molecule is CN(Cc1ccc(C(=O)O)cc1)Cc1ccc(Br)s1. The zero-order chi connectivity index (χ0) is 13.8. The van der Waals surface area contributed by atoms with Gasteiger partial charge in [0, 0.05) is 18.0 Å². The molecule has 0 aliphatic carbocycles. The van der Waals surface area contributed by atoms with Crippen LogP contribution in [0.5, 0.6) is 0 Å². The van der Waals surface area contributed by atoms with Gasteiger partial charge in [0.1, 0.15) is 0 Å². The van der Waals surface area contributed by atoms with E-state index in [9.17, 15) is 4.79 Å². The Kier molecular flexibility index (Phi) is 4.74. The first-order chi connectivity index (χ1) is 9.04. The summed E-state index contributed by atoms with van der Waals surface area (Å²) in [5, 5.41) is 8.84. The average molecular weight is 340 g/mol. The van der Waals surface area contributed by atoms with Crippen molar-refractivity contribution in [3.8, 4) is 0 Å². The lowest BCUT2D eigenvalue weighted by Crippen LogP contribution is -2.16. The van der Waals surface area contributed by atoms with Gasteiger partial charge in [-0.15, -0.1) is 11.3 Å². The summed E-state index contributed by atoms with van der Waals surface area (Å²) < 4.78 is 1.14. The van der Waals surface area contributed by atoms with Crippen molar-refractivity contribution in [2.24, 2.45) is 0 Å². The van der Waals surface area contributed by atoms with Crippen LogP contribution < -0.4 is 0 Å². The van der Waals surface area contributed by atoms with Crippen LogP contribution in [0.1, 0.15) is 20.8 Å². The summed E-state index contributed by atoms with van der Waals surface area (Å²) in [7, 11) is 2.05. The zero-order valence-corrected chi connectivity index (χ0v) is 12.9. The number of thiophene rings is 1. The van der Waals surface area contributed by atoms with E-state index < -0.39 is 5.97 Å². The second kappa shape index (κ2) is 6.32. The van der Waals surface area contributed by atoms with Crippen LogP contribution in [0.2, 0.25) is 0 Å². The fourth-order valence-electron chi connectivity index (χ4n) is 1.82. The van der Waals surface area contributed by atoms with Gasteiger partial charge in [0.25, 0.3) is 0 Å². The van der Waals surface area contributed by atoms with E-state index in [1.807, 2.05) is 12.1 Å². The molecule has 100 valence electrons. The number of rotatable bonds is 5. The molecular formula is C14H14BrNO2S. The molecular weight excluding hydrogens is 326 g/mol. The smallest absolute Gasteiger partial charge is 0.335 e. The van der Waals surface area contributed by atoms with Crippen molar-refractivity contribution in [1.82, 2.24) is 4.90 Å². The van der Waals surface area contributed by atoms with Gasteiger partial charge in [0.05, 0.1) is 9.35 Å². The molecule has 0 radical (unpaired) electrons. The molecule has 0 fully saturated rings. The molecule has 1 aromatic heterocycles. The van der Waals surface area contributed by atoms with E-state index in [1.165, 1.54) is 4.88 Å². The Balaban J connectivity index is 1.94. The van der Waals surface area contributed by atoms with Crippen LogP contribution in [-0.4, -0.2) is 23.0 Å². The molecule has 2 rings (SSSR count). The summed E-state index contributed by atoms with van der Waals surface area (Å²) in [5.41, 5.74) is 1.44. The average Bonchev–Trinajstić information content (AvgIpc) is 2.75. The van der Waals surface area contributed by atoms with Crippen LogP contribution in [0.25, 0.3) is 0 Å². The Labute approximate surface area is 124 Å². The third kappa shape index (κ3) is 4.16. The summed E-state index contributed by atoms with van der Waals surface area (Å²) >= 11 is 5.19. The van der Waals surface area contributed by atoms with E-state index in [2.05, 4.69) is 40.0 Å². The van der Waals surface area contributed by atoms with Crippen LogP contribution in [-0.2, 0) is 13.1 Å². The monoisotopic (exact) mass is 339 g/mol. The molecule has 0 saturated heterocycles. The second-order valence-corrected chi connectivity index (χ2v) is 6.93. The van der Waals surface area contributed by atoms with Crippen molar-refractivity contribution >= 4 is 33.2 Å². The molecule has 2 aromatic rings. The minimum absolute atomic E-state index is 0.327. The number of benzene rings is 1. The van der Waals surface area contributed by atoms with E-state index in [1.54, 1.807) is 23.5 Å². The van der Waals surface area contributed by atoms with E-state index in [0.29, 0.717) is 5.56 Å². The molecule has 0 unspecified atom stereocenters. The van der Waals surface area contributed by atoms with Gasteiger partial charge in [-0.05, 0) is 52.8 Å². The van der Waals surface area contributed by atoms with Gasteiger partial charge in [-0.3, -0.25) is 4.90 Å². The first-order valence-corrected chi connectivity index (χ1v) is 7.40. The first kappa shape index (κ1) is 14.2. The highest BCUT2D eigenvalue weighted by atomic mass is 79.9. The van der Waals surface area contributed by atoms with Gasteiger partial charge >= 0.3 is 5.97 Å². The fourth-order valence-corrected chi connectivity index (χ4v) is 3.39. The molecule has 3 nitrogen and oxygen atoms in total. The topological polar surface area (TPSA) is 40.5 Å². The van der Waals surface area contributed by atoms with E-state index >= 15 is 0 Å². The number of carboxylic acid groups (broad SMARTS) is 1. The van der Waals surface area contributed by atoms with Crippen molar-refractivity contribution in [1.29, 1.82) is 0 Å². The lowest BCUT2D eigenvalue weighted by molar-refractivity contribution is 0.0697. The van der Waals surface area contributed by atoms with Crippen molar-refractivity contribution in [3.63, 3.8) is 0 Å². The number of hydrogen-bond acceptors (Lipinski definition) is 3. The van der Waals surface area contributed by atoms with Crippen LogP contribution in [0, 0.1) is 0 Å². The molecule has 1 N–H and O–H groups in total. The number of nitrogens with zero attached hydrogens (tertiary/aromatic N) is 1. The van der Waals surface area contributed by atoms with Crippen molar-refractivity contribution in [2.45, 2.75) is 13.1 Å². The second-order valence-electron chi connectivity index (χ2n) is 4.38. The number of carboxylic acids is 1. The Bertz CT molecular complexity index is 565. The summed E-state index contributed by atoms with van der Waals surface area (Å²) in [6.07, 6.45) is 0. The first-order valence-electron chi connectivity index (χ1n) is 5.79. The van der Waals surface area contributed by atoms with Gasteiger partial charge in [-0.1, -0.05) is 12.1 Å². The Morgan fingerprint density at radius 3 is 2.42 bits per heavy atom. The summed E-state index contributed by atoms with van der Waals surface area (Å²) in [6, 6.07) is 11.2. The lowest BCUT2D eigenvalue weighted by Gasteiger charge is -2.15. The lowest BCUT2D eigenvalue weighted by atomic mass is 10.1. The predicted molar refractivity (Wildman–Crippen MR) is 80.6 cm³/mol. The largest absolute Gasteiger partial charge is 0.478 e. The van der Waals surface area contributed by atoms with Crippen LogP contribution in [0.15, 0.2) is 40.2 Å². The van der Waals surface area contributed by atoms with E-state index in [0.717, 1.165) is 22.4 Å². The van der Waals surface area contributed by atoms with Gasteiger partial charge < -0.3 is 5.11 Å². The number of aromatic carboxylic acids is 1. The number of hydrogen-bond donors (Lipinski definition) is 1. The minimum atomic E-state index is -0.886. The van der Waals surface area contributed by atoms with Crippen LogP contribution >= 0.6 is 27.3 Å². The molecule has 0 bridgehead atoms. The Hall–Kier alpha value is -1.17. The van der Waals surface area contributed by atoms with Gasteiger partial charge in [0.15, 0.2) is 0 Å². The molecule has 0 aliphatic rings. The Morgan fingerprint density at radius 2 is 1.89 bits per heavy atom.